The maximum Gasteiger partial charge on any atom is 0.227 e. The van der Waals surface area contributed by atoms with Crippen LogP contribution >= 0.6 is 11.6 Å². The molecule has 0 unspecified atom stereocenters. The first-order valence-corrected chi connectivity index (χ1v) is 17.0. The SMILES string of the molecule is CCc1cc(N(C)CCN(C)C)c(N)cc1Nc1ncc(Cl)c(-c2cn3c4c(cccc24)CCC3)n1.N=N/N=N/N=N/N=N/N=N/N=N/N=N/N=N/N=N/N=N/N. The second-order valence-corrected chi connectivity index (χ2v) is 12.0. The molecule has 57 heavy (non-hydrogen) atoms. The number of nitrogen functional groups attached to an aromatic ring is 1. The second-order valence-electron chi connectivity index (χ2n) is 11.6. The van der Waals surface area contributed by atoms with Crippen LogP contribution in [0.15, 0.2) is 142 Å². The van der Waals surface area contributed by atoms with Crippen molar-refractivity contribution in [1.82, 2.24) is 19.4 Å². The van der Waals surface area contributed by atoms with E-state index in [1.54, 1.807) is 6.20 Å². The van der Waals surface area contributed by atoms with Crippen LogP contribution in [0.1, 0.15) is 24.5 Å². The summed E-state index contributed by atoms with van der Waals surface area (Å²) in [5.41, 5.74) is 21.0. The van der Waals surface area contributed by atoms with Crippen LogP contribution in [-0.2, 0) is 19.4 Å². The molecule has 0 spiro atoms. The summed E-state index contributed by atoms with van der Waals surface area (Å²) >= 11 is 6.64. The zero-order valence-electron chi connectivity index (χ0n) is 31.0. The number of nitrogens with two attached hydrogens (primary N) is 2. The smallest absolute Gasteiger partial charge is 0.227 e. The van der Waals surface area contributed by atoms with E-state index < -0.39 is 0 Å². The van der Waals surface area contributed by atoms with Crippen molar-refractivity contribution in [2.24, 2.45) is 105 Å². The Balaban J connectivity index is 0.000000295. The number of para-hydroxylation sites is 1. The van der Waals surface area contributed by atoms with Gasteiger partial charge in [0.1, 0.15) is 0 Å². The number of hydrogen-bond acceptors (Lipinski definition) is 8. The number of nitrogens with zero attached hydrogens (tertiary/aromatic N) is 24. The number of halogens is 1. The molecule has 0 fully saturated rings. The van der Waals surface area contributed by atoms with Gasteiger partial charge in [0.2, 0.25) is 5.95 Å². The van der Waals surface area contributed by atoms with Crippen LogP contribution in [0.5, 0.6) is 0 Å². The molecule has 2 aromatic carbocycles. The average Bonchev–Trinajstić information content (AvgIpc) is 3.59. The Morgan fingerprint density at radius 1 is 0.860 bits per heavy atom. The number of aromatic nitrogens is 3. The van der Waals surface area contributed by atoms with Crippen LogP contribution in [0.3, 0.4) is 0 Å². The lowest BCUT2D eigenvalue weighted by Gasteiger charge is -2.25. The number of likely N-dealkylation sites (N-methyl/N-ethyl adjacent to an activating group) is 2. The van der Waals surface area contributed by atoms with Gasteiger partial charge in [-0.05, 0) is 135 Å². The zero-order valence-corrected chi connectivity index (χ0v) is 31.8. The second kappa shape index (κ2) is 22.7. The van der Waals surface area contributed by atoms with E-state index in [1.807, 2.05) is 6.07 Å². The first kappa shape index (κ1) is 42.3. The third-order valence-electron chi connectivity index (χ3n) is 7.74. The maximum absolute atomic E-state index is 6.64. The molecule has 0 saturated carbocycles. The molecule has 0 radical (unpaired) electrons. The van der Waals surface area contributed by atoms with Gasteiger partial charge in [0, 0.05) is 65.2 Å². The van der Waals surface area contributed by atoms with Crippen LogP contribution in [0.25, 0.3) is 22.2 Å². The molecular formula is C28H37ClN28. The van der Waals surface area contributed by atoms with Crippen molar-refractivity contribution in [3.8, 4) is 11.3 Å². The molecule has 1 aliphatic rings. The number of anilines is 4. The molecule has 0 saturated heterocycles. The minimum atomic E-state index is 0.504. The number of benzene rings is 2. The van der Waals surface area contributed by atoms with Crippen molar-refractivity contribution >= 4 is 45.5 Å². The fraction of sp³-hybridized carbons (Fsp3) is 0.357. The van der Waals surface area contributed by atoms with E-state index >= 15 is 0 Å². The molecule has 28 nitrogen and oxygen atoms in total. The van der Waals surface area contributed by atoms with Crippen molar-refractivity contribution < 1.29 is 0 Å². The standard InChI is InChI=1S/C28H34ClN7.H3N21/c1-5-18-14-25(35(4)13-12-34(2)3)23(30)15-24(18)32-28-31-16-22(29)26(33-28)21-17-36-11-7-9-19-8-6-10-20(21)27(19)36;1-3-5-7-9-11-13-15-17-19-21-20-18-16-14-12-10-8-6-4-2/h6,8,10,14-17H,5,7,9,11-13,30H2,1-4H3,(H,31,32,33);(H3,1,2,5,6,9,10,13,14,17,18,21). The Labute approximate surface area is 328 Å². The Hall–Kier alpha value is -7.49. The quantitative estimate of drug-likeness (QED) is 0.0347. The first-order valence-electron chi connectivity index (χ1n) is 16.6. The highest BCUT2D eigenvalue weighted by atomic mass is 35.5. The van der Waals surface area contributed by atoms with Crippen LogP contribution in [0.2, 0.25) is 5.02 Å². The van der Waals surface area contributed by atoms with Gasteiger partial charge in [-0.15, -0.1) is 0 Å². The molecule has 2 aromatic heterocycles. The Morgan fingerprint density at radius 3 is 2.05 bits per heavy atom. The van der Waals surface area contributed by atoms with Crippen LogP contribution in [-0.4, -0.2) is 53.7 Å². The fourth-order valence-electron chi connectivity index (χ4n) is 5.35. The number of aryl methyl sites for hydroxylation is 3. The van der Waals surface area contributed by atoms with Gasteiger partial charge in [0.25, 0.3) is 0 Å². The van der Waals surface area contributed by atoms with Gasteiger partial charge in [0.15, 0.2) is 0 Å². The molecule has 0 amide bonds. The predicted molar refractivity (Wildman–Crippen MR) is 205 cm³/mol. The summed E-state index contributed by atoms with van der Waals surface area (Å²) in [6.45, 7) is 5.00. The number of hydrogen-bond donors (Lipinski definition) is 4. The first-order chi connectivity index (χ1) is 27.8. The number of rotatable bonds is 17. The fourth-order valence-corrected chi connectivity index (χ4v) is 5.54. The van der Waals surface area contributed by atoms with E-state index in [-0.39, 0.29) is 0 Å². The Bertz CT molecular complexity index is 2220. The lowest BCUT2D eigenvalue weighted by atomic mass is 10.0. The molecule has 1 aliphatic heterocycles. The van der Waals surface area contributed by atoms with Gasteiger partial charge in [-0.25, -0.2) is 9.97 Å². The van der Waals surface area contributed by atoms with E-state index in [0.717, 1.165) is 72.8 Å². The van der Waals surface area contributed by atoms with Gasteiger partial charge in [-0.2, -0.15) is 5.53 Å². The lowest BCUT2D eigenvalue weighted by Crippen LogP contribution is -2.29. The monoisotopic (exact) mass is 800 g/mol. The third kappa shape index (κ3) is 12.8. The van der Waals surface area contributed by atoms with Crippen LogP contribution in [0.4, 0.5) is 23.0 Å². The zero-order chi connectivity index (χ0) is 40.8. The van der Waals surface area contributed by atoms with Crippen LogP contribution in [0, 0.1) is 5.53 Å². The van der Waals surface area contributed by atoms with Gasteiger partial charge in [-0.1, -0.05) is 41.9 Å². The predicted octanol–water partition coefficient (Wildman–Crippen LogP) is 8.78. The van der Waals surface area contributed by atoms with E-state index in [1.165, 1.54) is 16.5 Å². The minimum absolute atomic E-state index is 0.504. The molecule has 5 rings (SSSR count). The van der Waals surface area contributed by atoms with Gasteiger partial charge in [-0.3, -0.25) is 0 Å². The molecule has 29 heteroatoms. The summed E-state index contributed by atoms with van der Waals surface area (Å²) in [6, 6.07) is 10.6. The summed E-state index contributed by atoms with van der Waals surface area (Å²) in [5, 5.41) is 60.3. The van der Waals surface area contributed by atoms with E-state index in [2.05, 4.69) is 188 Å². The summed E-state index contributed by atoms with van der Waals surface area (Å²) in [5.74, 6) is 5.10. The summed E-state index contributed by atoms with van der Waals surface area (Å²) in [6.07, 6.45) is 6.96. The average molecular weight is 801 g/mol. The van der Waals surface area contributed by atoms with E-state index in [9.17, 15) is 0 Å². The molecule has 0 aliphatic carbocycles. The molecule has 3 heterocycles. The molecule has 0 atom stereocenters. The minimum Gasteiger partial charge on any atom is -0.397 e. The van der Waals surface area contributed by atoms with Gasteiger partial charge in [0.05, 0.1) is 33.8 Å². The third-order valence-corrected chi connectivity index (χ3v) is 8.01. The van der Waals surface area contributed by atoms with Crippen LogP contribution < -0.4 is 21.8 Å². The topological polar surface area (TPSA) is 360 Å². The molecule has 0 bridgehead atoms. The highest BCUT2D eigenvalue weighted by Crippen LogP contribution is 2.38. The van der Waals surface area contributed by atoms with Crippen molar-refractivity contribution in [3.05, 3.63) is 58.9 Å². The molecular weight excluding hydrogens is 764 g/mol. The van der Waals surface area contributed by atoms with Gasteiger partial charge >= 0.3 is 0 Å². The van der Waals surface area contributed by atoms with Crippen molar-refractivity contribution in [2.75, 3.05) is 50.2 Å². The Morgan fingerprint density at radius 2 is 1.47 bits per heavy atom. The van der Waals surface area contributed by atoms with E-state index in [4.69, 9.17) is 27.8 Å². The molecule has 4 aromatic rings. The van der Waals surface area contributed by atoms with Crippen molar-refractivity contribution in [2.45, 2.75) is 32.7 Å². The van der Waals surface area contributed by atoms with E-state index in [0.29, 0.717) is 11.0 Å². The number of nitrogens with one attached hydrogen (secondary N) is 2. The largest absolute Gasteiger partial charge is 0.397 e. The maximum atomic E-state index is 6.64. The summed E-state index contributed by atoms with van der Waals surface area (Å²) in [7, 11) is 6.23. The molecule has 6 N–H and O–H groups in total. The highest BCUT2D eigenvalue weighted by molar-refractivity contribution is 6.33. The van der Waals surface area contributed by atoms with Crippen molar-refractivity contribution in [1.29, 1.82) is 5.53 Å². The highest BCUT2D eigenvalue weighted by Gasteiger charge is 2.20. The Kier molecular flexibility index (Phi) is 16.8. The molecule has 296 valence electrons. The van der Waals surface area contributed by atoms with Crippen molar-refractivity contribution in [3.63, 3.8) is 0 Å². The normalized spacial score (nSPS) is 13.4. The summed E-state index contributed by atoms with van der Waals surface area (Å²) < 4.78 is 2.33. The van der Waals surface area contributed by atoms with Gasteiger partial charge < -0.3 is 31.3 Å². The summed E-state index contributed by atoms with van der Waals surface area (Å²) in [4.78, 5) is 13.7. The lowest BCUT2D eigenvalue weighted by molar-refractivity contribution is 0.416.